The minimum absolute atomic E-state index is 0.244. The summed E-state index contributed by atoms with van der Waals surface area (Å²) in [5, 5.41) is 11.7. The average molecular weight is 291 g/mol. The van der Waals surface area contributed by atoms with E-state index in [1.54, 1.807) is 4.68 Å². The molecule has 6 heteroatoms. The molecule has 0 atom stereocenters. The van der Waals surface area contributed by atoms with Crippen LogP contribution in [0.3, 0.4) is 0 Å². The van der Waals surface area contributed by atoms with Gasteiger partial charge in [-0.1, -0.05) is 18.2 Å². The van der Waals surface area contributed by atoms with Crippen molar-refractivity contribution >= 4 is 10.9 Å². The number of fused-ring (bicyclic) bond motifs is 1. The van der Waals surface area contributed by atoms with Crippen molar-refractivity contribution in [2.75, 3.05) is 0 Å². The highest BCUT2D eigenvalue weighted by Crippen LogP contribution is 2.23. The summed E-state index contributed by atoms with van der Waals surface area (Å²) in [6, 6.07) is 13.6. The van der Waals surface area contributed by atoms with Gasteiger partial charge in [-0.05, 0) is 31.2 Å². The van der Waals surface area contributed by atoms with Gasteiger partial charge in [-0.3, -0.25) is 4.79 Å². The molecular formula is C16H13N5O. The van der Waals surface area contributed by atoms with Gasteiger partial charge < -0.3 is 4.57 Å². The highest BCUT2D eigenvalue weighted by atomic mass is 16.1. The Morgan fingerprint density at radius 1 is 1.05 bits per heavy atom. The number of hydrogen-bond donors (Lipinski definition) is 1. The SMILES string of the molecule is Cc1n[nH]c(=O)c2c(-n3cccc3)n(-c3ccccc3)nc12. The molecule has 0 saturated heterocycles. The van der Waals surface area contributed by atoms with Crippen LogP contribution in [0.1, 0.15) is 5.69 Å². The van der Waals surface area contributed by atoms with Crippen molar-refractivity contribution in [3.05, 3.63) is 70.9 Å². The van der Waals surface area contributed by atoms with Crippen molar-refractivity contribution in [1.29, 1.82) is 0 Å². The van der Waals surface area contributed by atoms with Gasteiger partial charge >= 0.3 is 0 Å². The number of hydrogen-bond acceptors (Lipinski definition) is 3. The van der Waals surface area contributed by atoms with E-state index in [1.165, 1.54) is 0 Å². The fourth-order valence-corrected chi connectivity index (χ4v) is 2.58. The first kappa shape index (κ1) is 12.6. The van der Waals surface area contributed by atoms with Crippen molar-refractivity contribution in [3.8, 4) is 11.5 Å². The van der Waals surface area contributed by atoms with E-state index >= 15 is 0 Å². The van der Waals surface area contributed by atoms with Crippen LogP contribution in [0.25, 0.3) is 22.4 Å². The summed E-state index contributed by atoms with van der Waals surface area (Å²) in [5.41, 5.74) is 1.95. The average Bonchev–Trinajstić information content (AvgIpc) is 3.19. The molecule has 0 amide bonds. The van der Waals surface area contributed by atoms with Gasteiger partial charge in [-0.15, -0.1) is 0 Å². The number of aromatic amines is 1. The Bertz CT molecular complexity index is 996. The van der Waals surface area contributed by atoms with Crippen LogP contribution in [0.4, 0.5) is 0 Å². The van der Waals surface area contributed by atoms with Gasteiger partial charge in [0.1, 0.15) is 10.9 Å². The lowest BCUT2D eigenvalue weighted by Gasteiger charge is -2.08. The first-order valence-electron chi connectivity index (χ1n) is 6.92. The Kier molecular flexibility index (Phi) is 2.69. The smallest absolute Gasteiger partial charge is 0.277 e. The first-order chi connectivity index (χ1) is 10.8. The van der Waals surface area contributed by atoms with E-state index in [-0.39, 0.29) is 5.56 Å². The van der Waals surface area contributed by atoms with Gasteiger partial charge in [-0.2, -0.15) is 10.2 Å². The summed E-state index contributed by atoms with van der Waals surface area (Å²) < 4.78 is 3.66. The van der Waals surface area contributed by atoms with Crippen molar-refractivity contribution in [2.45, 2.75) is 6.92 Å². The van der Waals surface area contributed by atoms with E-state index < -0.39 is 0 Å². The Balaban J connectivity index is 2.18. The number of aromatic nitrogens is 5. The molecule has 108 valence electrons. The largest absolute Gasteiger partial charge is 0.308 e. The van der Waals surface area contributed by atoms with E-state index in [0.29, 0.717) is 22.4 Å². The Hall–Kier alpha value is -3.15. The molecule has 3 aromatic heterocycles. The maximum atomic E-state index is 12.3. The predicted molar refractivity (Wildman–Crippen MR) is 83.5 cm³/mol. The summed E-state index contributed by atoms with van der Waals surface area (Å²) in [6.07, 6.45) is 3.79. The molecule has 6 nitrogen and oxygen atoms in total. The summed E-state index contributed by atoms with van der Waals surface area (Å²) in [6.45, 7) is 1.83. The molecule has 4 aromatic rings. The number of benzene rings is 1. The summed E-state index contributed by atoms with van der Waals surface area (Å²) in [4.78, 5) is 12.3. The van der Waals surface area contributed by atoms with Crippen LogP contribution in [-0.2, 0) is 0 Å². The second-order valence-electron chi connectivity index (χ2n) is 5.02. The van der Waals surface area contributed by atoms with Crippen LogP contribution in [-0.4, -0.2) is 24.5 Å². The molecule has 0 unspecified atom stereocenters. The van der Waals surface area contributed by atoms with Crippen molar-refractivity contribution in [2.24, 2.45) is 0 Å². The lowest BCUT2D eigenvalue weighted by molar-refractivity contribution is 0.833. The van der Waals surface area contributed by atoms with Crippen LogP contribution in [0.15, 0.2) is 59.7 Å². The second-order valence-corrected chi connectivity index (χ2v) is 5.02. The fourth-order valence-electron chi connectivity index (χ4n) is 2.58. The highest BCUT2D eigenvalue weighted by molar-refractivity contribution is 5.87. The quantitative estimate of drug-likeness (QED) is 0.615. The third-order valence-electron chi connectivity index (χ3n) is 3.61. The second kappa shape index (κ2) is 4.70. The molecule has 0 fully saturated rings. The number of para-hydroxylation sites is 1. The Morgan fingerprint density at radius 3 is 2.50 bits per heavy atom. The standard InChI is InChI=1S/C16H13N5O/c1-11-14-13(15(22)18-17-11)16(20-9-5-6-10-20)21(19-14)12-7-3-2-4-8-12/h2-10H,1H3,(H,18,22). The maximum absolute atomic E-state index is 12.3. The molecule has 0 aliphatic heterocycles. The molecule has 3 heterocycles. The molecule has 22 heavy (non-hydrogen) atoms. The maximum Gasteiger partial charge on any atom is 0.277 e. The molecular weight excluding hydrogens is 278 g/mol. The van der Waals surface area contributed by atoms with E-state index in [0.717, 1.165) is 5.69 Å². The van der Waals surface area contributed by atoms with Crippen LogP contribution >= 0.6 is 0 Å². The zero-order valence-corrected chi connectivity index (χ0v) is 11.9. The molecule has 4 rings (SSSR count). The number of rotatable bonds is 2. The van der Waals surface area contributed by atoms with Crippen LogP contribution in [0, 0.1) is 6.92 Å². The van der Waals surface area contributed by atoms with E-state index in [9.17, 15) is 4.79 Å². The predicted octanol–water partition coefficient (Wildman–Crippen LogP) is 2.21. The molecule has 0 aliphatic carbocycles. The fraction of sp³-hybridized carbons (Fsp3) is 0.0625. The van der Waals surface area contributed by atoms with E-state index in [1.807, 2.05) is 66.3 Å². The number of aryl methyl sites for hydroxylation is 1. The monoisotopic (exact) mass is 291 g/mol. The van der Waals surface area contributed by atoms with Gasteiger partial charge in [-0.25, -0.2) is 9.78 Å². The summed E-state index contributed by atoms with van der Waals surface area (Å²) in [5.74, 6) is 0.706. The van der Waals surface area contributed by atoms with Gasteiger partial charge in [0.05, 0.1) is 11.4 Å². The molecule has 1 aromatic carbocycles. The normalized spacial score (nSPS) is 11.1. The van der Waals surface area contributed by atoms with Crippen LogP contribution in [0.5, 0.6) is 0 Å². The highest BCUT2D eigenvalue weighted by Gasteiger charge is 2.19. The topological polar surface area (TPSA) is 68.5 Å². The Labute approximate surface area is 125 Å². The molecule has 0 aliphatic rings. The molecule has 1 N–H and O–H groups in total. The van der Waals surface area contributed by atoms with Gasteiger partial charge in [0.15, 0.2) is 5.82 Å². The number of nitrogens with one attached hydrogen (secondary N) is 1. The number of nitrogens with zero attached hydrogens (tertiary/aromatic N) is 4. The zero-order chi connectivity index (χ0) is 15.1. The van der Waals surface area contributed by atoms with Crippen molar-refractivity contribution < 1.29 is 0 Å². The lowest BCUT2D eigenvalue weighted by Crippen LogP contribution is -2.11. The van der Waals surface area contributed by atoms with Crippen LogP contribution < -0.4 is 5.56 Å². The molecule has 0 bridgehead atoms. The van der Waals surface area contributed by atoms with Gasteiger partial charge in [0, 0.05) is 12.4 Å². The molecule has 0 saturated carbocycles. The zero-order valence-electron chi connectivity index (χ0n) is 11.9. The van der Waals surface area contributed by atoms with Crippen molar-refractivity contribution in [1.82, 2.24) is 24.5 Å². The van der Waals surface area contributed by atoms with Gasteiger partial charge in [0.25, 0.3) is 5.56 Å². The van der Waals surface area contributed by atoms with E-state index in [2.05, 4.69) is 15.3 Å². The minimum Gasteiger partial charge on any atom is -0.308 e. The molecule has 0 radical (unpaired) electrons. The third-order valence-corrected chi connectivity index (χ3v) is 3.61. The third kappa shape index (κ3) is 1.77. The van der Waals surface area contributed by atoms with E-state index in [4.69, 9.17) is 0 Å². The molecule has 0 spiro atoms. The summed E-state index contributed by atoms with van der Waals surface area (Å²) in [7, 11) is 0. The minimum atomic E-state index is -0.244. The first-order valence-corrected chi connectivity index (χ1v) is 6.92. The lowest BCUT2D eigenvalue weighted by atomic mass is 10.3. The van der Waals surface area contributed by atoms with Gasteiger partial charge in [0.2, 0.25) is 0 Å². The number of H-pyrrole nitrogens is 1. The van der Waals surface area contributed by atoms with Crippen LogP contribution in [0.2, 0.25) is 0 Å². The Morgan fingerprint density at radius 2 is 1.77 bits per heavy atom. The van der Waals surface area contributed by atoms with Crippen molar-refractivity contribution in [3.63, 3.8) is 0 Å². The summed E-state index contributed by atoms with van der Waals surface area (Å²) >= 11 is 0.